The Balaban J connectivity index is 1.21. The molecule has 1 aliphatic rings. The van der Waals surface area contributed by atoms with Crippen molar-refractivity contribution in [3.05, 3.63) is 128 Å². The predicted molar refractivity (Wildman–Crippen MR) is 173 cm³/mol. The van der Waals surface area contributed by atoms with E-state index < -0.39 is 0 Å². The zero-order valence-electron chi connectivity index (χ0n) is 23.6. The summed E-state index contributed by atoms with van der Waals surface area (Å²) >= 11 is 3.04. The SMILES string of the molecule is O=C(CSc1nnc2n(CCc3ccccc3)c(=O)c3c4c(sc3n12)CCCC4)NC(c1ccccc1)c1ccccc1. The smallest absolute Gasteiger partial charge is 0.263 e. The number of carbonyl (C=O) groups excluding carboxylic acids is 1. The predicted octanol–water partition coefficient (Wildman–Crippen LogP) is 6.23. The fourth-order valence-electron chi connectivity index (χ4n) is 5.93. The lowest BCUT2D eigenvalue weighted by Gasteiger charge is -2.19. The largest absolute Gasteiger partial charge is 0.344 e. The molecule has 0 fully saturated rings. The van der Waals surface area contributed by atoms with Crippen molar-refractivity contribution in [2.45, 2.75) is 49.8 Å². The number of thiophene rings is 1. The van der Waals surface area contributed by atoms with Crippen molar-refractivity contribution in [2.75, 3.05) is 5.75 Å². The number of hydrogen-bond acceptors (Lipinski definition) is 6. The van der Waals surface area contributed by atoms with Crippen molar-refractivity contribution in [1.29, 1.82) is 0 Å². The third-order valence-electron chi connectivity index (χ3n) is 8.04. The molecule has 0 radical (unpaired) electrons. The standard InChI is InChI=1S/C34H31N5O2S2/c40-28(35-30(24-14-6-2-7-15-24)25-16-8-3-9-17-25)22-42-34-37-36-33-38(21-20-23-12-4-1-5-13-23)31(41)29-26-18-10-11-19-27(26)43-32(29)39(33)34/h1-9,12-17,30H,10-11,18-22H2,(H,35,40). The molecule has 0 saturated carbocycles. The highest BCUT2D eigenvalue weighted by Crippen LogP contribution is 2.36. The van der Waals surface area contributed by atoms with Gasteiger partial charge in [0.1, 0.15) is 4.83 Å². The van der Waals surface area contributed by atoms with Crippen LogP contribution in [0.3, 0.4) is 0 Å². The molecular weight excluding hydrogens is 575 g/mol. The second kappa shape index (κ2) is 12.2. The minimum Gasteiger partial charge on any atom is -0.344 e. The first-order valence-electron chi connectivity index (χ1n) is 14.7. The number of carbonyl (C=O) groups is 1. The third-order valence-corrected chi connectivity index (χ3v) is 10.2. The minimum atomic E-state index is -0.260. The minimum absolute atomic E-state index is 0.00749. The maximum atomic E-state index is 14.0. The third kappa shape index (κ3) is 5.50. The number of hydrogen-bond donors (Lipinski definition) is 1. The van der Waals surface area contributed by atoms with Crippen LogP contribution < -0.4 is 10.9 Å². The van der Waals surface area contributed by atoms with Gasteiger partial charge in [-0.15, -0.1) is 21.5 Å². The molecule has 9 heteroatoms. The van der Waals surface area contributed by atoms with Gasteiger partial charge in [-0.25, -0.2) is 4.40 Å². The molecule has 3 heterocycles. The number of thioether (sulfide) groups is 1. The van der Waals surface area contributed by atoms with Crippen LogP contribution in [0, 0.1) is 0 Å². The molecule has 0 spiro atoms. The number of aromatic nitrogens is 4. The Bertz CT molecular complexity index is 1910. The zero-order valence-corrected chi connectivity index (χ0v) is 25.2. The Labute approximate surface area is 257 Å². The zero-order chi connectivity index (χ0) is 29.2. The lowest BCUT2D eigenvalue weighted by Crippen LogP contribution is -2.30. The maximum Gasteiger partial charge on any atom is 0.263 e. The van der Waals surface area contributed by atoms with E-state index >= 15 is 0 Å². The number of amides is 1. The van der Waals surface area contributed by atoms with E-state index in [2.05, 4.69) is 27.6 Å². The first kappa shape index (κ1) is 27.6. The van der Waals surface area contributed by atoms with Crippen LogP contribution in [0.2, 0.25) is 0 Å². The topological polar surface area (TPSA) is 81.3 Å². The second-order valence-electron chi connectivity index (χ2n) is 10.8. The van der Waals surface area contributed by atoms with Gasteiger partial charge in [0.05, 0.1) is 17.2 Å². The van der Waals surface area contributed by atoms with Gasteiger partial charge in [-0.05, 0) is 54.4 Å². The quantitative estimate of drug-likeness (QED) is 0.198. The molecule has 3 aromatic heterocycles. The molecule has 0 bridgehead atoms. The van der Waals surface area contributed by atoms with Gasteiger partial charge in [-0.3, -0.25) is 14.2 Å². The molecule has 7 nitrogen and oxygen atoms in total. The highest BCUT2D eigenvalue weighted by molar-refractivity contribution is 7.99. The summed E-state index contributed by atoms with van der Waals surface area (Å²) in [6.07, 6.45) is 4.86. The molecule has 1 N–H and O–H groups in total. The number of rotatable bonds is 9. The summed E-state index contributed by atoms with van der Waals surface area (Å²) in [5, 5.41) is 13.7. The Morgan fingerprint density at radius 2 is 1.53 bits per heavy atom. The molecule has 43 heavy (non-hydrogen) atoms. The summed E-state index contributed by atoms with van der Waals surface area (Å²) in [5.41, 5.74) is 4.40. The molecule has 0 saturated heterocycles. The van der Waals surface area contributed by atoms with Crippen LogP contribution in [0.25, 0.3) is 16.0 Å². The first-order valence-corrected chi connectivity index (χ1v) is 16.5. The van der Waals surface area contributed by atoms with Crippen molar-refractivity contribution < 1.29 is 4.79 Å². The second-order valence-corrected chi connectivity index (χ2v) is 12.8. The van der Waals surface area contributed by atoms with E-state index in [-0.39, 0.29) is 23.3 Å². The molecule has 0 unspecified atom stereocenters. The van der Waals surface area contributed by atoms with Crippen molar-refractivity contribution in [3.63, 3.8) is 0 Å². The Kier molecular flexibility index (Phi) is 7.82. The van der Waals surface area contributed by atoms with E-state index in [4.69, 9.17) is 0 Å². The molecule has 0 aliphatic heterocycles. The molecule has 3 aromatic carbocycles. The summed E-state index contributed by atoms with van der Waals surface area (Å²) in [6.45, 7) is 0.506. The fraction of sp³-hybridized carbons (Fsp3) is 0.235. The molecule has 216 valence electrons. The van der Waals surface area contributed by atoms with Gasteiger partial charge < -0.3 is 5.32 Å². The van der Waals surface area contributed by atoms with Crippen LogP contribution in [0.5, 0.6) is 0 Å². The van der Waals surface area contributed by atoms with Gasteiger partial charge >= 0.3 is 0 Å². The van der Waals surface area contributed by atoms with E-state index in [9.17, 15) is 9.59 Å². The van der Waals surface area contributed by atoms with Crippen LogP contribution in [0.4, 0.5) is 0 Å². The Morgan fingerprint density at radius 1 is 0.884 bits per heavy atom. The lowest BCUT2D eigenvalue weighted by molar-refractivity contribution is -0.119. The number of aryl methyl sites for hydroxylation is 4. The summed E-state index contributed by atoms with van der Waals surface area (Å²) in [4.78, 5) is 29.6. The highest BCUT2D eigenvalue weighted by atomic mass is 32.2. The van der Waals surface area contributed by atoms with Gasteiger partial charge in [0, 0.05) is 11.4 Å². The van der Waals surface area contributed by atoms with E-state index in [1.165, 1.54) is 22.2 Å². The van der Waals surface area contributed by atoms with Crippen LogP contribution in [0.1, 0.15) is 46.0 Å². The van der Waals surface area contributed by atoms with E-state index in [0.29, 0.717) is 23.9 Å². The van der Waals surface area contributed by atoms with E-state index in [1.807, 2.05) is 83.3 Å². The number of benzene rings is 3. The fourth-order valence-corrected chi connectivity index (χ4v) is 8.11. The molecular formula is C34H31N5O2S2. The molecule has 1 aliphatic carbocycles. The van der Waals surface area contributed by atoms with Crippen molar-refractivity contribution in [2.24, 2.45) is 0 Å². The number of nitrogens with zero attached hydrogens (tertiary/aromatic N) is 4. The van der Waals surface area contributed by atoms with E-state index in [0.717, 1.165) is 52.6 Å². The van der Waals surface area contributed by atoms with Gasteiger partial charge in [0.25, 0.3) is 5.56 Å². The van der Waals surface area contributed by atoms with Gasteiger partial charge in [0.15, 0.2) is 5.16 Å². The molecule has 6 aromatic rings. The summed E-state index contributed by atoms with van der Waals surface area (Å²) in [7, 11) is 0. The highest BCUT2D eigenvalue weighted by Gasteiger charge is 2.25. The van der Waals surface area contributed by atoms with Crippen LogP contribution in [-0.4, -0.2) is 30.8 Å². The average Bonchev–Trinajstić information content (AvgIpc) is 3.66. The van der Waals surface area contributed by atoms with Gasteiger partial charge in [-0.1, -0.05) is 103 Å². The number of nitrogens with one attached hydrogen (secondary N) is 1. The first-order chi connectivity index (χ1) is 21.2. The van der Waals surface area contributed by atoms with Crippen molar-refractivity contribution in [1.82, 2.24) is 24.5 Å². The van der Waals surface area contributed by atoms with Gasteiger partial charge in [0.2, 0.25) is 11.7 Å². The Morgan fingerprint density at radius 3 is 2.23 bits per heavy atom. The monoisotopic (exact) mass is 605 g/mol. The molecule has 7 rings (SSSR count). The Hall–Kier alpha value is -4.21. The molecule has 1 amide bonds. The molecule has 0 atom stereocenters. The lowest BCUT2D eigenvalue weighted by atomic mass is 9.97. The summed E-state index contributed by atoms with van der Waals surface area (Å²) in [5.74, 6) is 0.604. The summed E-state index contributed by atoms with van der Waals surface area (Å²) in [6, 6.07) is 29.9. The van der Waals surface area contributed by atoms with Crippen molar-refractivity contribution in [3.8, 4) is 0 Å². The number of fused-ring (bicyclic) bond motifs is 5. The summed E-state index contributed by atoms with van der Waals surface area (Å²) < 4.78 is 3.78. The van der Waals surface area contributed by atoms with Gasteiger partial charge in [-0.2, -0.15) is 0 Å². The van der Waals surface area contributed by atoms with Crippen LogP contribution in [0.15, 0.2) is 101 Å². The maximum absolute atomic E-state index is 14.0. The van der Waals surface area contributed by atoms with E-state index in [1.54, 1.807) is 15.9 Å². The normalized spacial score (nSPS) is 13.0. The van der Waals surface area contributed by atoms with Crippen molar-refractivity contribution >= 4 is 45.0 Å². The van der Waals surface area contributed by atoms with Crippen LogP contribution >= 0.6 is 23.1 Å². The van der Waals surface area contributed by atoms with Crippen LogP contribution in [-0.2, 0) is 30.6 Å². The average molecular weight is 606 g/mol.